The minimum Gasteiger partial charge on any atom is -0.444 e. The van der Waals surface area contributed by atoms with Crippen molar-refractivity contribution in [3.63, 3.8) is 0 Å². The number of alkyl carbamates (subject to hydrolysis) is 1. The molecule has 0 atom stereocenters. The minimum absolute atomic E-state index is 0.332. The van der Waals surface area contributed by atoms with Crippen LogP contribution in [0.1, 0.15) is 34.1 Å². The van der Waals surface area contributed by atoms with E-state index >= 15 is 0 Å². The Bertz CT molecular complexity index is 188. The highest BCUT2D eigenvalue weighted by molar-refractivity contribution is 5.67. The highest BCUT2D eigenvalue weighted by atomic mass is 16.6. The Balaban J connectivity index is 3.48. The van der Waals surface area contributed by atoms with E-state index in [0.29, 0.717) is 6.54 Å². The van der Waals surface area contributed by atoms with Crippen LogP contribution in [-0.4, -0.2) is 43.3 Å². The van der Waals surface area contributed by atoms with Crippen LogP contribution in [0.5, 0.6) is 0 Å². The summed E-state index contributed by atoms with van der Waals surface area (Å²) >= 11 is 0. The van der Waals surface area contributed by atoms with Crippen LogP contribution in [0.3, 0.4) is 0 Å². The monoisotopic (exact) mass is 216 g/mol. The fourth-order valence-electron chi connectivity index (χ4n) is 1.01. The summed E-state index contributed by atoms with van der Waals surface area (Å²) < 4.78 is 5.11. The molecule has 1 N–H and O–H groups in total. The molecule has 15 heavy (non-hydrogen) atoms. The van der Waals surface area contributed by atoms with Crippen LogP contribution in [-0.2, 0) is 4.74 Å². The molecule has 90 valence electrons. The Morgan fingerprint density at radius 2 is 2.00 bits per heavy atom. The van der Waals surface area contributed by atoms with Crippen LogP contribution in [0.2, 0.25) is 0 Å². The molecule has 0 bridgehead atoms. The molecule has 0 saturated carbocycles. The Labute approximate surface area is 93.0 Å². The molecule has 0 spiro atoms. The van der Waals surface area contributed by atoms with E-state index in [0.717, 1.165) is 19.5 Å². The summed E-state index contributed by atoms with van der Waals surface area (Å²) in [6, 6.07) is 0. The van der Waals surface area contributed by atoms with Gasteiger partial charge >= 0.3 is 6.09 Å². The van der Waals surface area contributed by atoms with Gasteiger partial charge in [0.2, 0.25) is 0 Å². The maximum Gasteiger partial charge on any atom is 0.407 e. The largest absolute Gasteiger partial charge is 0.444 e. The minimum atomic E-state index is -0.412. The third kappa shape index (κ3) is 9.53. The van der Waals surface area contributed by atoms with Crippen molar-refractivity contribution in [3.05, 3.63) is 0 Å². The fourth-order valence-corrected chi connectivity index (χ4v) is 1.01. The van der Waals surface area contributed by atoms with E-state index in [-0.39, 0.29) is 6.09 Å². The maximum absolute atomic E-state index is 11.2. The van der Waals surface area contributed by atoms with Crippen molar-refractivity contribution < 1.29 is 9.53 Å². The molecule has 1 amide bonds. The molecule has 0 aromatic carbocycles. The maximum atomic E-state index is 11.2. The van der Waals surface area contributed by atoms with Gasteiger partial charge in [0.05, 0.1) is 0 Å². The molecular formula is C11H24N2O2. The molecule has 0 radical (unpaired) electrons. The van der Waals surface area contributed by atoms with Crippen molar-refractivity contribution in [1.29, 1.82) is 0 Å². The van der Waals surface area contributed by atoms with E-state index in [4.69, 9.17) is 4.74 Å². The average Bonchev–Trinajstić information content (AvgIpc) is 2.09. The van der Waals surface area contributed by atoms with Crippen molar-refractivity contribution in [2.45, 2.75) is 39.7 Å². The van der Waals surface area contributed by atoms with E-state index < -0.39 is 5.60 Å². The van der Waals surface area contributed by atoms with E-state index in [1.807, 2.05) is 20.8 Å². The molecule has 0 aliphatic rings. The molecular weight excluding hydrogens is 192 g/mol. The zero-order valence-electron chi connectivity index (χ0n) is 10.6. The van der Waals surface area contributed by atoms with E-state index in [1.54, 1.807) is 0 Å². The normalized spacial score (nSPS) is 11.6. The van der Waals surface area contributed by atoms with Gasteiger partial charge in [-0.15, -0.1) is 0 Å². The lowest BCUT2D eigenvalue weighted by atomic mass is 10.2. The topological polar surface area (TPSA) is 41.6 Å². The van der Waals surface area contributed by atoms with Gasteiger partial charge in [-0.1, -0.05) is 6.92 Å². The molecule has 0 aromatic rings. The first-order valence-electron chi connectivity index (χ1n) is 5.50. The fraction of sp³-hybridized carbons (Fsp3) is 0.909. The quantitative estimate of drug-likeness (QED) is 0.713. The lowest BCUT2D eigenvalue weighted by molar-refractivity contribution is 0.0526. The zero-order valence-corrected chi connectivity index (χ0v) is 10.6. The number of carbonyl (C=O) groups is 1. The Kier molecular flexibility index (Phi) is 6.32. The lowest BCUT2D eigenvalue weighted by Gasteiger charge is -2.20. The third-order valence-electron chi connectivity index (χ3n) is 1.92. The molecule has 0 unspecified atom stereocenters. The van der Waals surface area contributed by atoms with Gasteiger partial charge in [0.1, 0.15) is 5.60 Å². The molecule has 4 heteroatoms. The van der Waals surface area contributed by atoms with Gasteiger partial charge in [-0.25, -0.2) is 4.79 Å². The van der Waals surface area contributed by atoms with Gasteiger partial charge in [-0.05, 0) is 47.3 Å². The number of ether oxygens (including phenoxy) is 1. The molecule has 0 saturated heterocycles. The Hall–Kier alpha value is -0.770. The SMILES string of the molecule is CCN(C)CCCNC(=O)OC(C)(C)C. The standard InChI is InChI=1S/C11H24N2O2/c1-6-13(5)9-7-8-12-10(14)15-11(2,3)4/h6-9H2,1-5H3,(H,12,14). The summed E-state index contributed by atoms with van der Waals surface area (Å²) in [5, 5.41) is 2.73. The van der Waals surface area contributed by atoms with Gasteiger partial charge < -0.3 is 15.0 Å². The summed E-state index contributed by atoms with van der Waals surface area (Å²) in [4.78, 5) is 13.4. The molecule has 0 aromatic heterocycles. The van der Waals surface area contributed by atoms with Crippen LogP contribution in [0.15, 0.2) is 0 Å². The molecule has 0 fully saturated rings. The number of amides is 1. The predicted molar refractivity (Wildman–Crippen MR) is 62.0 cm³/mol. The Morgan fingerprint density at radius 1 is 1.40 bits per heavy atom. The van der Waals surface area contributed by atoms with Crippen molar-refractivity contribution in [3.8, 4) is 0 Å². The van der Waals surface area contributed by atoms with Gasteiger partial charge in [0.25, 0.3) is 0 Å². The second-order valence-electron chi connectivity index (χ2n) is 4.68. The van der Waals surface area contributed by atoms with Crippen LogP contribution >= 0.6 is 0 Å². The second-order valence-corrected chi connectivity index (χ2v) is 4.68. The highest BCUT2D eigenvalue weighted by Crippen LogP contribution is 2.06. The van der Waals surface area contributed by atoms with Crippen molar-refractivity contribution >= 4 is 6.09 Å². The first-order valence-corrected chi connectivity index (χ1v) is 5.50. The first kappa shape index (κ1) is 14.2. The average molecular weight is 216 g/mol. The van der Waals surface area contributed by atoms with Crippen molar-refractivity contribution in [1.82, 2.24) is 10.2 Å². The summed E-state index contributed by atoms with van der Waals surface area (Å²) in [7, 11) is 2.06. The number of carbonyl (C=O) groups excluding carboxylic acids is 1. The zero-order chi connectivity index (χ0) is 11.9. The summed E-state index contributed by atoms with van der Waals surface area (Å²) in [5.41, 5.74) is -0.412. The van der Waals surface area contributed by atoms with Crippen molar-refractivity contribution in [2.24, 2.45) is 0 Å². The first-order chi connectivity index (χ1) is 6.85. The summed E-state index contributed by atoms with van der Waals surface area (Å²) in [6.45, 7) is 10.4. The van der Waals surface area contributed by atoms with Crippen LogP contribution < -0.4 is 5.32 Å². The lowest BCUT2D eigenvalue weighted by Crippen LogP contribution is -2.34. The Morgan fingerprint density at radius 3 is 2.47 bits per heavy atom. The number of hydrogen-bond donors (Lipinski definition) is 1. The highest BCUT2D eigenvalue weighted by Gasteiger charge is 2.15. The number of hydrogen-bond acceptors (Lipinski definition) is 3. The van der Waals surface area contributed by atoms with Gasteiger partial charge in [-0.3, -0.25) is 0 Å². The van der Waals surface area contributed by atoms with E-state index in [9.17, 15) is 4.79 Å². The predicted octanol–water partition coefficient (Wildman–Crippen LogP) is 1.85. The molecule has 0 rings (SSSR count). The number of nitrogens with zero attached hydrogens (tertiary/aromatic N) is 1. The third-order valence-corrected chi connectivity index (χ3v) is 1.92. The van der Waals surface area contributed by atoms with Gasteiger partial charge in [-0.2, -0.15) is 0 Å². The van der Waals surface area contributed by atoms with Crippen LogP contribution in [0.25, 0.3) is 0 Å². The number of nitrogens with one attached hydrogen (secondary N) is 1. The molecule has 0 aliphatic carbocycles. The van der Waals surface area contributed by atoms with E-state index in [1.165, 1.54) is 0 Å². The van der Waals surface area contributed by atoms with Crippen LogP contribution in [0.4, 0.5) is 4.79 Å². The molecule has 0 aliphatic heterocycles. The second kappa shape index (κ2) is 6.67. The number of rotatable bonds is 5. The van der Waals surface area contributed by atoms with Crippen LogP contribution in [0, 0.1) is 0 Å². The van der Waals surface area contributed by atoms with E-state index in [2.05, 4.69) is 24.2 Å². The molecule has 4 nitrogen and oxygen atoms in total. The van der Waals surface area contributed by atoms with Crippen molar-refractivity contribution in [2.75, 3.05) is 26.7 Å². The van der Waals surface area contributed by atoms with Gasteiger partial charge in [0, 0.05) is 6.54 Å². The summed E-state index contributed by atoms with van der Waals surface area (Å²) in [5.74, 6) is 0. The summed E-state index contributed by atoms with van der Waals surface area (Å²) in [6.07, 6.45) is 0.616. The smallest absolute Gasteiger partial charge is 0.407 e. The van der Waals surface area contributed by atoms with Gasteiger partial charge in [0.15, 0.2) is 0 Å². The molecule has 0 heterocycles.